The maximum absolute atomic E-state index is 13.0. The van der Waals surface area contributed by atoms with Crippen LogP contribution in [-0.2, 0) is 0 Å². The molecule has 2 aromatic carbocycles. The van der Waals surface area contributed by atoms with Gasteiger partial charge in [0.1, 0.15) is 12.0 Å². The third kappa shape index (κ3) is 2.50. The third-order valence-electron chi connectivity index (χ3n) is 3.99. The molecule has 0 saturated heterocycles. The fourth-order valence-corrected chi connectivity index (χ4v) is 2.74. The molecule has 0 radical (unpaired) electrons. The first-order valence-corrected chi connectivity index (χ1v) is 7.52. The number of benzene rings is 2. The van der Waals surface area contributed by atoms with Crippen LogP contribution in [-0.4, -0.2) is 36.8 Å². The Bertz CT molecular complexity index is 987. The molecule has 1 aliphatic heterocycles. The number of hydrogen-bond acceptors (Lipinski definition) is 7. The summed E-state index contributed by atoms with van der Waals surface area (Å²) in [4.78, 5) is 21.4. The van der Waals surface area contributed by atoms with Gasteiger partial charge in [-0.3, -0.25) is 4.79 Å². The monoisotopic (exact) mass is 338 g/mol. The fourth-order valence-electron chi connectivity index (χ4n) is 2.74. The Balaban J connectivity index is 1.84. The van der Waals surface area contributed by atoms with E-state index in [1.165, 1.54) is 13.4 Å². The van der Waals surface area contributed by atoms with Crippen molar-refractivity contribution in [1.29, 1.82) is 0 Å². The molecule has 3 aromatic rings. The predicted molar refractivity (Wildman–Crippen MR) is 88.6 cm³/mol. The van der Waals surface area contributed by atoms with Crippen LogP contribution in [0.3, 0.4) is 0 Å². The van der Waals surface area contributed by atoms with Gasteiger partial charge in [0.2, 0.25) is 12.6 Å². The van der Waals surface area contributed by atoms with Crippen molar-refractivity contribution < 1.29 is 23.7 Å². The minimum atomic E-state index is -0.238. The summed E-state index contributed by atoms with van der Waals surface area (Å²) >= 11 is 0. The van der Waals surface area contributed by atoms with Gasteiger partial charge >= 0.3 is 0 Å². The molecule has 0 aliphatic carbocycles. The molecule has 7 heteroatoms. The number of aromatic nitrogens is 2. The number of carbonyl (C=O) groups excluding carboxylic acids is 1. The second-order valence-corrected chi connectivity index (χ2v) is 5.34. The van der Waals surface area contributed by atoms with Crippen LogP contribution in [0, 0.1) is 0 Å². The molecule has 0 unspecified atom stereocenters. The molecular formula is C18H14N2O5. The molecule has 1 aromatic heterocycles. The summed E-state index contributed by atoms with van der Waals surface area (Å²) < 4.78 is 21.2. The summed E-state index contributed by atoms with van der Waals surface area (Å²) in [5.74, 6) is 1.97. The predicted octanol–water partition coefficient (Wildman–Crippen LogP) is 2.61. The van der Waals surface area contributed by atoms with E-state index in [0.29, 0.717) is 39.5 Å². The molecule has 0 amide bonds. The number of fused-ring (bicyclic) bond motifs is 2. The normalized spacial score (nSPS) is 12.2. The van der Waals surface area contributed by atoms with Gasteiger partial charge in [-0.15, -0.1) is 0 Å². The second kappa shape index (κ2) is 5.94. The molecular weight excluding hydrogens is 324 g/mol. The number of carbonyl (C=O) groups is 1. The van der Waals surface area contributed by atoms with Gasteiger partial charge in [-0.05, 0) is 24.3 Å². The molecule has 7 nitrogen and oxygen atoms in total. The second-order valence-electron chi connectivity index (χ2n) is 5.34. The molecule has 2 heterocycles. The molecule has 1 aliphatic rings. The first-order valence-electron chi connectivity index (χ1n) is 7.52. The van der Waals surface area contributed by atoms with Gasteiger partial charge in [0.25, 0.3) is 0 Å². The number of methoxy groups -OCH3 is 2. The van der Waals surface area contributed by atoms with E-state index in [0.717, 1.165) is 0 Å². The maximum Gasteiger partial charge on any atom is 0.231 e. The highest BCUT2D eigenvalue weighted by Gasteiger charge is 2.21. The zero-order chi connectivity index (χ0) is 17.4. The Morgan fingerprint density at radius 3 is 2.56 bits per heavy atom. The highest BCUT2D eigenvalue weighted by atomic mass is 16.7. The molecule has 0 spiro atoms. The first-order chi connectivity index (χ1) is 12.2. The van der Waals surface area contributed by atoms with E-state index >= 15 is 0 Å². The van der Waals surface area contributed by atoms with Crippen LogP contribution >= 0.6 is 0 Å². The Labute approximate surface area is 143 Å². The van der Waals surface area contributed by atoms with E-state index in [9.17, 15) is 4.79 Å². The number of hydrogen-bond donors (Lipinski definition) is 0. The highest BCUT2D eigenvalue weighted by molar-refractivity contribution is 6.15. The van der Waals surface area contributed by atoms with Crippen LogP contribution < -0.4 is 18.9 Å². The zero-order valence-electron chi connectivity index (χ0n) is 13.6. The summed E-state index contributed by atoms with van der Waals surface area (Å²) in [5.41, 5.74) is 1.33. The zero-order valence-corrected chi connectivity index (χ0v) is 13.6. The lowest BCUT2D eigenvalue weighted by Gasteiger charge is -2.10. The van der Waals surface area contributed by atoms with Crippen molar-refractivity contribution in [3.63, 3.8) is 0 Å². The summed E-state index contributed by atoms with van der Waals surface area (Å²) in [5, 5.41) is 0.586. The molecule has 0 N–H and O–H groups in total. The van der Waals surface area contributed by atoms with Gasteiger partial charge in [-0.2, -0.15) is 0 Å². The van der Waals surface area contributed by atoms with Crippen molar-refractivity contribution in [2.75, 3.05) is 21.0 Å². The van der Waals surface area contributed by atoms with Crippen LogP contribution in [0.1, 0.15) is 16.1 Å². The molecule has 126 valence electrons. The summed E-state index contributed by atoms with van der Waals surface area (Å²) in [7, 11) is 3.08. The van der Waals surface area contributed by atoms with Crippen LogP contribution in [0.4, 0.5) is 0 Å². The van der Waals surface area contributed by atoms with Gasteiger partial charge in [0.15, 0.2) is 23.0 Å². The SMILES string of the molecule is COc1cc2ncnc(C(=O)c3ccc4c(c3)OCO4)c2cc1OC. The van der Waals surface area contributed by atoms with Crippen LogP contribution in [0.2, 0.25) is 0 Å². The van der Waals surface area contributed by atoms with Gasteiger partial charge in [0.05, 0.1) is 19.7 Å². The minimum absolute atomic E-state index is 0.153. The largest absolute Gasteiger partial charge is 0.493 e. The molecule has 0 atom stereocenters. The van der Waals surface area contributed by atoms with Crippen molar-refractivity contribution in [3.05, 3.63) is 47.9 Å². The Morgan fingerprint density at radius 2 is 1.76 bits per heavy atom. The van der Waals surface area contributed by atoms with Crippen molar-refractivity contribution >= 4 is 16.7 Å². The van der Waals surface area contributed by atoms with Crippen LogP contribution in [0.5, 0.6) is 23.0 Å². The maximum atomic E-state index is 13.0. The van der Waals surface area contributed by atoms with E-state index in [1.54, 1.807) is 37.4 Å². The Morgan fingerprint density at radius 1 is 1.00 bits per heavy atom. The standard InChI is InChI=1S/C18H14N2O5/c1-22-14-6-11-12(7-15(14)23-2)19-8-20-17(11)18(21)10-3-4-13-16(5-10)25-9-24-13/h3-8H,9H2,1-2H3. The highest BCUT2D eigenvalue weighted by Crippen LogP contribution is 2.35. The van der Waals surface area contributed by atoms with E-state index in [4.69, 9.17) is 18.9 Å². The number of rotatable bonds is 4. The van der Waals surface area contributed by atoms with E-state index in [1.807, 2.05) is 0 Å². The van der Waals surface area contributed by atoms with E-state index in [2.05, 4.69) is 9.97 Å². The quantitative estimate of drug-likeness (QED) is 0.676. The van der Waals surface area contributed by atoms with Crippen molar-refractivity contribution in [2.45, 2.75) is 0 Å². The van der Waals surface area contributed by atoms with Gasteiger partial charge in [-0.1, -0.05) is 0 Å². The van der Waals surface area contributed by atoms with Crippen molar-refractivity contribution in [2.24, 2.45) is 0 Å². The summed E-state index contributed by atoms with van der Waals surface area (Å²) in [6.07, 6.45) is 1.36. The molecule has 0 fully saturated rings. The fraction of sp³-hybridized carbons (Fsp3) is 0.167. The third-order valence-corrected chi connectivity index (χ3v) is 3.99. The lowest BCUT2D eigenvalue weighted by atomic mass is 10.0. The number of ketones is 1. The summed E-state index contributed by atoms with van der Waals surface area (Å²) in [6, 6.07) is 8.47. The van der Waals surface area contributed by atoms with Crippen molar-refractivity contribution in [1.82, 2.24) is 9.97 Å². The number of ether oxygens (including phenoxy) is 4. The smallest absolute Gasteiger partial charge is 0.231 e. The van der Waals surface area contributed by atoms with Crippen molar-refractivity contribution in [3.8, 4) is 23.0 Å². The Kier molecular flexibility index (Phi) is 3.61. The first kappa shape index (κ1) is 15.2. The van der Waals surface area contributed by atoms with Crippen LogP contribution in [0.15, 0.2) is 36.7 Å². The molecule has 25 heavy (non-hydrogen) atoms. The van der Waals surface area contributed by atoms with E-state index < -0.39 is 0 Å². The minimum Gasteiger partial charge on any atom is -0.493 e. The number of nitrogens with zero attached hydrogens (tertiary/aromatic N) is 2. The van der Waals surface area contributed by atoms with Gasteiger partial charge in [-0.25, -0.2) is 9.97 Å². The topological polar surface area (TPSA) is 79.8 Å². The summed E-state index contributed by atoms with van der Waals surface area (Å²) in [6.45, 7) is 0.153. The average Bonchev–Trinajstić information content (AvgIpc) is 3.13. The lowest BCUT2D eigenvalue weighted by Crippen LogP contribution is -2.06. The lowest BCUT2D eigenvalue weighted by molar-refractivity contribution is 0.103. The Hall–Kier alpha value is -3.35. The molecule has 0 bridgehead atoms. The van der Waals surface area contributed by atoms with Crippen LogP contribution in [0.25, 0.3) is 10.9 Å². The molecule has 4 rings (SSSR count). The average molecular weight is 338 g/mol. The van der Waals surface area contributed by atoms with E-state index in [-0.39, 0.29) is 18.3 Å². The van der Waals surface area contributed by atoms with Gasteiger partial charge < -0.3 is 18.9 Å². The van der Waals surface area contributed by atoms with Gasteiger partial charge in [0, 0.05) is 17.0 Å². The molecule has 0 saturated carbocycles.